The third-order valence-electron chi connectivity index (χ3n) is 2.06. The Morgan fingerprint density at radius 2 is 2.22 bits per heavy atom. The van der Waals surface area contributed by atoms with Gasteiger partial charge in [0.25, 0.3) is 0 Å². The van der Waals surface area contributed by atoms with Gasteiger partial charge >= 0.3 is 5.97 Å². The highest BCUT2D eigenvalue weighted by Crippen LogP contribution is 2.07. The van der Waals surface area contributed by atoms with Crippen molar-refractivity contribution in [1.29, 1.82) is 5.26 Å². The Morgan fingerprint density at radius 1 is 1.56 bits per heavy atom. The van der Waals surface area contributed by atoms with Crippen molar-refractivity contribution in [2.45, 2.75) is 33.2 Å². The normalized spacial score (nSPS) is 8.78. The van der Waals surface area contributed by atoms with Crippen LogP contribution in [0, 0.1) is 11.3 Å². The second-order valence-corrected chi connectivity index (χ2v) is 3.36. The molecule has 0 saturated heterocycles. The Labute approximate surface area is 108 Å². The van der Waals surface area contributed by atoms with Crippen LogP contribution in [-0.4, -0.2) is 22.9 Å². The van der Waals surface area contributed by atoms with Crippen LogP contribution in [0.4, 0.5) is 0 Å². The van der Waals surface area contributed by atoms with E-state index in [-0.39, 0.29) is 5.97 Å². The van der Waals surface area contributed by atoms with Crippen molar-refractivity contribution in [3.8, 4) is 6.07 Å². The highest BCUT2D eigenvalue weighted by atomic mass is 16.5. The summed E-state index contributed by atoms with van der Waals surface area (Å²) in [7, 11) is 1.36. The Kier molecular flexibility index (Phi) is 7.95. The van der Waals surface area contributed by atoms with Gasteiger partial charge < -0.3 is 4.74 Å². The van der Waals surface area contributed by atoms with Crippen LogP contribution in [0.15, 0.2) is 24.5 Å². The molecule has 1 aromatic rings. The molecule has 0 aliphatic carbocycles. The average molecular weight is 249 g/mol. The molecule has 0 unspecified atom stereocenters. The Morgan fingerprint density at radius 3 is 2.72 bits per heavy atom. The Balaban J connectivity index is 0.00000137. The summed E-state index contributed by atoms with van der Waals surface area (Å²) in [6.07, 6.45) is 4.02. The molecule has 0 spiro atoms. The van der Waals surface area contributed by atoms with E-state index in [1.165, 1.54) is 13.3 Å². The number of nitrogens with zero attached hydrogens (tertiary/aromatic N) is 3. The highest BCUT2D eigenvalue weighted by Gasteiger charge is 2.04. The zero-order chi connectivity index (χ0) is 14.0. The zero-order valence-electron chi connectivity index (χ0n) is 11.1. The minimum Gasteiger partial charge on any atom is -0.469 e. The summed E-state index contributed by atoms with van der Waals surface area (Å²) >= 11 is 0. The molecule has 98 valence electrons. The quantitative estimate of drug-likeness (QED) is 0.593. The predicted octanol–water partition coefficient (Wildman–Crippen LogP) is 2.29. The molecule has 0 aliphatic rings. The van der Waals surface area contributed by atoms with Gasteiger partial charge in [-0.15, -0.1) is 0 Å². The minimum absolute atomic E-state index is 0.251. The molecular weight excluding hydrogens is 230 g/mol. The zero-order valence-corrected chi connectivity index (χ0v) is 11.1. The molecular formula is C13H19N3O2. The number of ether oxygens (including phenoxy) is 1. The van der Waals surface area contributed by atoms with Gasteiger partial charge in [-0.25, -0.2) is 0 Å². The number of allylic oxidation sites excluding steroid dienone is 1. The van der Waals surface area contributed by atoms with Gasteiger partial charge in [0.1, 0.15) is 6.07 Å². The number of hydrogen-bond donors (Lipinski definition) is 0. The van der Waals surface area contributed by atoms with Gasteiger partial charge in [-0.1, -0.05) is 26.0 Å². The van der Waals surface area contributed by atoms with Crippen LogP contribution in [0.5, 0.6) is 0 Å². The number of methoxy groups -OCH3 is 1. The van der Waals surface area contributed by atoms with Crippen LogP contribution >= 0.6 is 0 Å². The highest BCUT2D eigenvalue weighted by molar-refractivity contribution is 5.69. The number of hydrogen-bond acceptors (Lipinski definition) is 4. The van der Waals surface area contributed by atoms with E-state index < -0.39 is 0 Å². The maximum Gasteiger partial charge on any atom is 0.305 e. The fourth-order valence-electron chi connectivity index (χ4n) is 1.20. The first-order chi connectivity index (χ1) is 8.65. The molecule has 18 heavy (non-hydrogen) atoms. The maximum absolute atomic E-state index is 10.9. The number of rotatable bonds is 5. The molecule has 0 radical (unpaired) electrons. The van der Waals surface area contributed by atoms with Gasteiger partial charge in [0, 0.05) is 12.6 Å². The van der Waals surface area contributed by atoms with E-state index in [4.69, 9.17) is 5.26 Å². The lowest BCUT2D eigenvalue weighted by Crippen LogP contribution is -2.04. The lowest BCUT2D eigenvalue weighted by Gasteiger charge is -2.04. The second kappa shape index (κ2) is 8.99. The van der Waals surface area contributed by atoms with Gasteiger partial charge in [0.2, 0.25) is 0 Å². The van der Waals surface area contributed by atoms with Gasteiger partial charge in [-0.05, 0) is 6.42 Å². The molecule has 0 aromatic carbocycles. The number of esters is 1. The van der Waals surface area contributed by atoms with Crippen molar-refractivity contribution in [2.24, 2.45) is 0 Å². The molecule has 0 saturated carbocycles. The van der Waals surface area contributed by atoms with Gasteiger partial charge in [-0.2, -0.15) is 10.4 Å². The van der Waals surface area contributed by atoms with E-state index in [9.17, 15) is 4.79 Å². The van der Waals surface area contributed by atoms with Crippen molar-refractivity contribution < 1.29 is 9.53 Å². The topological polar surface area (TPSA) is 67.9 Å². The van der Waals surface area contributed by atoms with Crippen molar-refractivity contribution in [2.75, 3.05) is 7.11 Å². The van der Waals surface area contributed by atoms with E-state index in [0.717, 1.165) is 5.57 Å². The summed E-state index contributed by atoms with van der Waals surface area (Å²) < 4.78 is 6.15. The van der Waals surface area contributed by atoms with Crippen molar-refractivity contribution in [3.63, 3.8) is 0 Å². The molecule has 1 rings (SSSR count). The molecule has 0 fully saturated rings. The summed E-state index contributed by atoms with van der Waals surface area (Å²) in [6.45, 7) is 8.35. The third-order valence-corrected chi connectivity index (χ3v) is 2.06. The van der Waals surface area contributed by atoms with Gasteiger partial charge in [0.15, 0.2) is 0 Å². The minimum atomic E-state index is -0.251. The molecule has 1 aromatic heterocycles. The van der Waals surface area contributed by atoms with E-state index in [1.54, 1.807) is 10.9 Å². The molecule has 5 nitrogen and oxygen atoms in total. The lowest BCUT2D eigenvalue weighted by atomic mass is 10.1. The fourth-order valence-corrected chi connectivity index (χ4v) is 1.20. The maximum atomic E-state index is 10.9. The predicted molar refractivity (Wildman–Crippen MR) is 68.7 cm³/mol. The second-order valence-electron chi connectivity index (χ2n) is 3.36. The lowest BCUT2D eigenvalue weighted by molar-refractivity contribution is -0.140. The number of carbonyl (C=O) groups excluding carboxylic acids is 1. The van der Waals surface area contributed by atoms with Gasteiger partial charge in [-0.3, -0.25) is 9.48 Å². The molecule has 5 heteroatoms. The Hall–Kier alpha value is -2.09. The summed E-state index contributed by atoms with van der Waals surface area (Å²) in [5, 5.41) is 12.6. The molecule has 1 heterocycles. The summed E-state index contributed by atoms with van der Waals surface area (Å²) in [4.78, 5) is 10.9. The molecule has 0 bridgehead atoms. The standard InChI is InChI=1S/C11H13N3O2.C2H6/c1-9(3-4-11(15)16-2)7-14-8-10(5-12)6-13-14;1-2/h6,8H,1,3-4,7H2,2H3;1-2H3. The molecule has 0 aliphatic heterocycles. The number of nitriles is 1. The van der Waals surface area contributed by atoms with Crippen LogP contribution in [-0.2, 0) is 16.1 Å². The largest absolute Gasteiger partial charge is 0.469 e. The monoisotopic (exact) mass is 249 g/mol. The number of aromatic nitrogens is 2. The van der Waals surface area contributed by atoms with Crippen LogP contribution in [0.25, 0.3) is 0 Å². The summed E-state index contributed by atoms with van der Waals surface area (Å²) in [5.74, 6) is -0.251. The smallest absolute Gasteiger partial charge is 0.305 e. The van der Waals surface area contributed by atoms with Crippen LogP contribution in [0.1, 0.15) is 32.3 Å². The summed E-state index contributed by atoms with van der Waals surface area (Å²) in [6, 6.07) is 1.99. The first-order valence-corrected chi connectivity index (χ1v) is 5.81. The van der Waals surface area contributed by atoms with Crippen molar-refractivity contribution in [1.82, 2.24) is 9.78 Å². The van der Waals surface area contributed by atoms with E-state index in [2.05, 4.69) is 16.4 Å². The average Bonchev–Trinajstić information content (AvgIpc) is 2.85. The molecule has 0 amide bonds. The number of carbonyl (C=O) groups is 1. The third kappa shape index (κ3) is 5.85. The summed E-state index contributed by atoms with van der Waals surface area (Å²) in [5.41, 5.74) is 1.39. The van der Waals surface area contributed by atoms with Gasteiger partial charge in [0.05, 0.1) is 25.4 Å². The van der Waals surface area contributed by atoms with E-state index in [0.29, 0.717) is 24.9 Å². The van der Waals surface area contributed by atoms with Crippen molar-refractivity contribution in [3.05, 3.63) is 30.1 Å². The fraction of sp³-hybridized carbons (Fsp3) is 0.462. The Bertz CT molecular complexity index is 430. The van der Waals surface area contributed by atoms with Crippen LogP contribution < -0.4 is 0 Å². The van der Waals surface area contributed by atoms with E-state index >= 15 is 0 Å². The SMILES string of the molecule is C=C(CCC(=O)OC)Cn1cc(C#N)cn1.CC. The molecule has 0 atom stereocenters. The van der Waals surface area contributed by atoms with Crippen LogP contribution in [0.3, 0.4) is 0 Å². The first kappa shape index (κ1) is 15.9. The van der Waals surface area contributed by atoms with Crippen molar-refractivity contribution >= 4 is 5.97 Å². The van der Waals surface area contributed by atoms with E-state index in [1.807, 2.05) is 19.9 Å². The van der Waals surface area contributed by atoms with Crippen LogP contribution in [0.2, 0.25) is 0 Å². The molecule has 0 N–H and O–H groups in total. The first-order valence-electron chi connectivity index (χ1n) is 5.81.